The number of carbonyl (C=O) groups is 2. The topological polar surface area (TPSA) is 49.4 Å². The van der Waals surface area contributed by atoms with Gasteiger partial charge in [0.2, 0.25) is 11.8 Å². The van der Waals surface area contributed by atoms with Crippen molar-refractivity contribution in [3.05, 3.63) is 0 Å². The fourth-order valence-electron chi connectivity index (χ4n) is 1.56. The van der Waals surface area contributed by atoms with Gasteiger partial charge < -0.3 is 10.2 Å². The largest absolute Gasteiger partial charge is 0.350 e. The number of amides is 2. The van der Waals surface area contributed by atoms with Crippen LogP contribution in [0, 0.1) is 0 Å². The van der Waals surface area contributed by atoms with Gasteiger partial charge in [-0.3, -0.25) is 9.59 Å². The zero-order chi connectivity index (χ0) is 10.9. The third-order valence-corrected chi connectivity index (χ3v) is 2.29. The van der Waals surface area contributed by atoms with Crippen LogP contribution in [0.15, 0.2) is 0 Å². The molecule has 0 radical (unpaired) electrons. The van der Waals surface area contributed by atoms with Gasteiger partial charge in [-0.05, 0) is 27.2 Å². The van der Waals surface area contributed by atoms with Crippen molar-refractivity contribution in [2.45, 2.75) is 45.2 Å². The summed E-state index contributed by atoms with van der Waals surface area (Å²) in [6, 6.07) is -0.276. The molecule has 0 aromatic heterocycles. The summed E-state index contributed by atoms with van der Waals surface area (Å²) in [5, 5.41) is 2.88. The van der Waals surface area contributed by atoms with Crippen LogP contribution in [0.5, 0.6) is 0 Å². The van der Waals surface area contributed by atoms with Crippen molar-refractivity contribution >= 4 is 11.8 Å². The summed E-state index contributed by atoms with van der Waals surface area (Å²) in [6.45, 7) is 5.80. The van der Waals surface area contributed by atoms with E-state index in [4.69, 9.17) is 0 Å². The second kappa shape index (κ2) is 3.59. The summed E-state index contributed by atoms with van der Waals surface area (Å²) >= 11 is 0. The third-order valence-electron chi connectivity index (χ3n) is 2.29. The molecule has 14 heavy (non-hydrogen) atoms. The minimum atomic E-state index is -0.276. The molecule has 80 valence electrons. The zero-order valence-electron chi connectivity index (χ0n) is 9.26. The normalized spacial score (nSPS) is 22.7. The number of likely N-dealkylation sites (tertiary alicyclic amines) is 1. The van der Waals surface area contributed by atoms with Crippen molar-refractivity contribution in [2.75, 3.05) is 7.05 Å². The highest BCUT2D eigenvalue weighted by Gasteiger charge is 2.34. The number of carbonyl (C=O) groups excluding carboxylic acids is 2. The molecule has 1 fully saturated rings. The lowest BCUT2D eigenvalue weighted by Crippen LogP contribution is -2.49. The number of hydrogen-bond donors (Lipinski definition) is 1. The van der Waals surface area contributed by atoms with Crippen LogP contribution < -0.4 is 5.32 Å². The summed E-state index contributed by atoms with van der Waals surface area (Å²) in [7, 11) is 1.68. The highest BCUT2D eigenvalue weighted by Crippen LogP contribution is 2.17. The Morgan fingerprint density at radius 2 is 2.07 bits per heavy atom. The average Bonchev–Trinajstić information content (AvgIpc) is 2.29. The number of nitrogens with zero attached hydrogens (tertiary/aromatic N) is 1. The van der Waals surface area contributed by atoms with Crippen molar-refractivity contribution in [2.24, 2.45) is 0 Å². The molecule has 1 heterocycles. The SMILES string of the molecule is CN1C(=O)CCC1C(=O)NC(C)(C)C. The molecule has 2 amide bonds. The van der Waals surface area contributed by atoms with Crippen LogP contribution in [-0.2, 0) is 9.59 Å². The first-order valence-electron chi connectivity index (χ1n) is 4.89. The fraction of sp³-hybridized carbons (Fsp3) is 0.800. The molecule has 4 heteroatoms. The van der Waals surface area contributed by atoms with E-state index in [0.717, 1.165) is 0 Å². The Bertz CT molecular complexity index is 255. The molecule has 1 aliphatic heterocycles. The number of likely N-dealkylation sites (N-methyl/N-ethyl adjacent to an activating group) is 1. The summed E-state index contributed by atoms with van der Waals surface area (Å²) in [4.78, 5) is 24.4. The van der Waals surface area contributed by atoms with Gasteiger partial charge in [0, 0.05) is 19.0 Å². The minimum absolute atomic E-state index is 0.0501. The number of hydrogen-bond acceptors (Lipinski definition) is 2. The van der Waals surface area contributed by atoms with E-state index in [1.54, 1.807) is 7.05 Å². The maximum absolute atomic E-state index is 11.7. The quantitative estimate of drug-likeness (QED) is 0.668. The van der Waals surface area contributed by atoms with Gasteiger partial charge >= 0.3 is 0 Å². The lowest BCUT2D eigenvalue weighted by Gasteiger charge is -2.26. The third kappa shape index (κ3) is 2.47. The molecule has 1 unspecified atom stereocenters. The second-order valence-corrected chi connectivity index (χ2v) is 4.80. The second-order valence-electron chi connectivity index (χ2n) is 4.80. The Morgan fingerprint density at radius 1 is 1.50 bits per heavy atom. The molecule has 4 nitrogen and oxygen atoms in total. The average molecular weight is 198 g/mol. The van der Waals surface area contributed by atoms with Crippen molar-refractivity contribution in [1.82, 2.24) is 10.2 Å². The standard InChI is InChI=1S/C10H18N2O2/c1-10(2,3)11-9(14)7-5-6-8(13)12(7)4/h7H,5-6H2,1-4H3,(H,11,14). The zero-order valence-corrected chi connectivity index (χ0v) is 9.26. The van der Waals surface area contributed by atoms with Gasteiger partial charge in [-0.1, -0.05) is 0 Å². The lowest BCUT2D eigenvalue weighted by molar-refractivity contribution is -0.134. The maximum Gasteiger partial charge on any atom is 0.243 e. The Hall–Kier alpha value is -1.06. The first-order chi connectivity index (χ1) is 6.31. The van der Waals surface area contributed by atoms with E-state index in [-0.39, 0.29) is 23.4 Å². The first kappa shape index (κ1) is 11.0. The Kier molecular flexibility index (Phi) is 2.83. The van der Waals surface area contributed by atoms with Gasteiger partial charge in [-0.25, -0.2) is 0 Å². The van der Waals surface area contributed by atoms with Gasteiger partial charge in [0.1, 0.15) is 6.04 Å². The molecule has 0 aromatic carbocycles. The lowest BCUT2D eigenvalue weighted by atomic mass is 10.1. The Balaban J connectivity index is 2.58. The molecule has 0 saturated carbocycles. The maximum atomic E-state index is 11.7. The van der Waals surface area contributed by atoms with E-state index in [9.17, 15) is 9.59 Å². The summed E-state index contributed by atoms with van der Waals surface area (Å²) in [5.74, 6) is 0.00455. The fourth-order valence-corrected chi connectivity index (χ4v) is 1.56. The van der Waals surface area contributed by atoms with Gasteiger partial charge in [0.25, 0.3) is 0 Å². The van der Waals surface area contributed by atoms with Crippen LogP contribution in [0.3, 0.4) is 0 Å². The van der Waals surface area contributed by atoms with E-state index in [1.807, 2.05) is 20.8 Å². The van der Waals surface area contributed by atoms with E-state index in [2.05, 4.69) is 5.32 Å². The van der Waals surface area contributed by atoms with Crippen molar-refractivity contribution in [3.63, 3.8) is 0 Å². The number of nitrogens with one attached hydrogen (secondary N) is 1. The summed E-state index contributed by atoms with van der Waals surface area (Å²) in [6.07, 6.45) is 1.12. The van der Waals surface area contributed by atoms with Gasteiger partial charge in [-0.15, -0.1) is 0 Å². The van der Waals surface area contributed by atoms with Crippen LogP contribution in [-0.4, -0.2) is 35.3 Å². The van der Waals surface area contributed by atoms with Crippen molar-refractivity contribution in [3.8, 4) is 0 Å². The smallest absolute Gasteiger partial charge is 0.243 e. The molecule has 1 atom stereocenters. The molecule has 0 aliphatic carbocycles. The Labute approximate surface area is 84.7 Å². The van der Waals surface area contributed by atoms with Crippen molar-refractivity contribution < 1.29 is 9.59 Å². The molecule has 1 aliphatic rings. The molecule has 1 N–H and O–H groups in total. The highest BCUT2D eigenvalue weighted by molar-refractivity contribution is 5.90. The van der Waals surface area contributed by atoms with E-state index in [1.165, 1.54) is 4.90 Å². The predicted octanol–water partition coefficient (Wildman–Crippen LogP) is 0.522. The predicted molar refractivity (Wildman–Crippen MR) is 53.7 cm³/mol. The van der Waals surface area contributed by atoms with E-state index >= 15 is 0 Å². The first-order valence-corrected chi connectivity index (χ1v) is 4.89. The summed E-state index contributed by atoms with van der Waals surface area (Å²) < 4.78 is 0. The molecular formula is C10H18N2O2. The molecule has 0 bridgehead atoms. The molecular weight excluding hydrogens is 180 g/mol. The molecule has 1 saturated heterocycles. The molecule has 0 aromatic rings. The Morgan fingerprint density at radius 3 is 2.43 bits per heavy atom. The van der Waals surface area contributed by atoms with Crippen LogP contribution in [0.25, 0.3) is 0 Å². The van der Waals surface area contributed by atoms with Crippen LogP contribution in [0.1, 0.15) is 33.6 Å². The van der Waals surface area contributed by atoms with Gasteiger partial charge in [0.15, 0.2) is 0 Å². The van der Waals surface area contributed by atoms with Crippen molar-refractivity contribution in [1.29, 1.82) is 0 Å². The highest BCUT2D eigenvalue weighted by atomic mass is 16.2. The van der Waals surface area contributed by atoms with Crippen LogP contribution in [0.2, 0.25) is 0 Å². The number of rotatable bonds is 1. The summed E-state index contributed by atoms with van der Waals surface area (Å²) in [5.41, 5.74) is -0.233. The van der Waals surface area contributed by atoms with E-state index < -0.39 is 0 Å². The van der Waals surface area contributed by atoms with Crippen LogP contribution >= 0.6 is 0 Å². The minimum Gasteiger partial charge on any atom is -0.350 e. The molecule has 1 rings (SSSR count). The van der Waals surface area contributed by atoms with E-state index in [0.29, 0.717) is 12.8 Å². The van der Waals surface area contributed by atoms with Gasteiger partial charge in [0.05, 0.1) is 0 Å². The monoisotopic (exact) mass is 198 g/mol. The van der Waals surface area contributed by atoms with Crippen LogP contribution in [0.4, 0.5) is 0 Å². The molecule has 0 spiro atoms. The van der Waals surface area contributed by atoms with Gasteiger partial charge in [-0.2, -0.15) is 0 Å².